The molecule has 0 amide bonds. The van der Waals surface area contributed by atoms with Crippen LogP contribution in [0.4, 0.5) is 0 Å². The summed E-state index contributed by atoms with van der Waals surface area (Å²) in [6, 6.07) is 0. The van der Waals surface area contributed by atoms with Crippen molar-refractivity contribution in [3.05, 3.63) is 0 Å². The fourth-order valence-corrected chi connectivity index (χ4v) is 3.26. The Morgan fingerprint density at radius 3 is 1.24 bits per heavy atom. The van der Waals surface area contributed by atoms with Gasteiger partial charge < -0.3 is 5.73 Å². The monoisotopic (exact) mass is 297 g/mol. The lowest BCUT2D eigenvalue weighted by Gasteiger charge is -2.30. The number of rotatable bonds is 16. The van der Waals surface area contributed by atoms with Gasteiger partial charge in [0.2, 0.25) is 0 Å². The van der Waals surface area contributed by atoms with Crippen molar-refractivity contribution < 1.29 is 0 Å². The fraction of sp³-hybridized carbons (Fsp3) is 1.00. The van der Waals surface area contributed by atoms with Gasteiger partial charge in [-0.05, 0) is 19.3 Å². The van der Waals surface area contributed by atoms with Crippen molar-refractivity contribution in [1.82, 2.24) is 0 Å². The normalized spacial score (nSPS) is 14.3. The lowest BCUT2D eigenvalue weighted by molar-refractivity contribution is 0.304. The van der Waals surface area contributed by atoms with Gasteiger partial charge in [0, 0.05) is 5.54 Å². The summed E-state index contributed by atoms with van der Waals surface area (Å²) >= 11 is 0. The van der Waals surface area contributed by atoms with E-state index >= 15 is 0 Å². The SMILES string of the molecule is CCCCCCCCC(N)(CCCCC)CCCCCC. The van der Waals surface area contributed by atoms with Crippen LogP contribution in [0, 0.1) is 0 Å². The Balaban J connectivity index is 3.92. The summed E-state index contributed by atoms with van der Waals surface area (Å²) in [4.78, 5) is 0. The van der Waals surface area contributed by atoms with Gasteiger partial charge in [0.1, 0.15) is 0 Å². The van der Waals surface area contributed by atoms with Crippen LogP contribution >= 0.6 is 0 Å². The third-order valence-corrected chi connectivity index (χ3v) is 4.83. The predicted octanol–water partition coefficient (Wildman–Crippen LogP) is 6.99. The molecule has 0 saturated carbocycles. The van der Waals surface area contributed by atoms with Gasteiger partial charge in [0.15, 0.2) is 0 Å². The van der Waals surface area contributed by atoms with Crippen LogP contribution < -0.4 is 5.73 Å². The van der Waals surface area contributed by atoms with Gasteiger partial charge in [0.05, 0.1) is 0 Å². The molecule has 2 N–H and O–H groups in total. The van der Waals surface area contributed by atoms with Crippen LogP contribution in [-0.2, 0) is 0 Å². The summed E-state index contributed by atoms with van der Waals surface area (Å²) in [6.07, 6.45) is 21.5. The standard InChI is InChI=1S/C20H43N/c1-4-7-10-12-13-16-19-20(21,17-14-9-6-3)18-15-11-8-5-2/h4-19,21H2,1-3H3. The van der Waals surface area contributed by atoms with Crippen molar-refractivity contribution in [3.63, 3.8) is 0 Å². The van der Waals surface area contributed by atoms with Crippen molar-refractivity contribution in [2.24, 2.45) is 5.73 Å². The van der Waals surface area contributed by atoms with Crippen LogP contribution in [0.15, 0.2) is 0 Å². The van der Waals surface area contributed by atoms with Gasteiger partial charge in [-0.2, -0.15) is 0 Å². The number of nitrogens with two attached hydrogens (primary N) is 1. The van der Waals surface area contributed by atoms with E-state index in [-0.39, 0.29) is 5.54 Å². The van der Waals surface area contributed by atoms with E-state index in [2.05, 4.69) is 20.8 Å². The summed E-state index contributed by atoms with van der Waals surface area (Å²) < 4.78 is 0. The average Bonchev–Trinajstić information content (AvgIpc) is 2.48. The Hall–Kier alpha value is -0.0400. The molecule has 0 aliphatic heterocycles. The Labute approximate surface area is 135 Å². The lowest BCUT2D eigenvalue weighted by atomic mass is 9.83. The number of hydrogen-bond acceptors (Lipinski definition) is 1. The highest BCUT2D eigenvalue weighted by molar-refractivity contribution is 4.84. The summed E-state index contributed by atoms with van der Waals surface area (Å²) in [6.45, 7) is 6.86. The zero-order valence-corrected chi connectivity index (χ0v) is 15.4. The van der Waals surface area contributed by atoms with Gasteiger partial charge in [-0.3, -0.25) is 0 Å². The molecule has 1 atom stereocenters. The first-order valence-electron chi connectivity index (χ1n) is 9.97. The molecule has 1 heteroatoms. The van der Waals surface area contributed by atoms with Crippen LogP contribution in [0.5, 0.6) is 0 Å². The predicted molar refractivity (Wildman–Crippen MR) is 97.8 cm³/mol. The minimum Gasteiger partial charge on any atom is -0.325 e. The van der Waals surface area contributed by atoms with Crippen LogP contribution in [0.3, 0.4) is 0 Å². The van der Waals surface area contributed by atoms with Gasteiger partial charge in [-0.1, -0.05) is 104 Å². The molecule has 0 aliphatic carbocycles. The van der Waals surface area contributed by atoms with Crippen molar-refractivity contribution in [2.45, 2.75) is 129 Å². The van der Waals surface area contributed by atoms with E-state index < -0.39 is 0 Å². The molecule has 0 rings (SSSR count). The average molecular weight is 298 g/mol. The maximum atomic E-state index is 6.76. The van der Waals surface area contributed by atoms with Crippen LogP contribution in [0.2, 0.25) is 0 Å². The second-order valence-corrected chi connectivity index (χ2v) is 7.15. The van der Waals surface area contributed by atoms with Crippen LogP contribution in [0.25, 0.3) is 0 Å². The molecule has 0 bridgehead atoms. The van der Waals surface area contributed by atoms with Gasteiger partial charge in [-0.15, -0.1) is 0 Å². The summed E-state index contributed by atoms with van der Waals surface area (Å²) in [7, 11) is 0. The lowest BCUT2D eigenvalue weighted by Crippen LogP contribution is -2.39. The zero-order valence-electron chi connectivity index (χ0n) is 15.4. The first-order valence-corrected chi connectivity index (χ1v) is 9.97. The minimum absolute atomic E-state index is 0.146. The first kappa shape index (κ1) is 21.0. The van der Waals surface area contributed by atoms with Gasteiger partial charge in [-0.25, -0.2) is 0 Å². The molecule has 21 heavy (non-hydrogen) atoms. The van der Waals surface area contributed by atoms with E-state index in [1.165, 1.54) is 103 Å². The molecule has 1 unspecified atom stereocenters. The smallest absolute Gasteiger partial charge is 0.0154 e. The molecular weight excluding hydrogens is 254 g/mol. The van der Waals surface area contributed by atoms with Gasteiger partial charge in [0.25, 0.3) is 0 Å². The second-order valence-electron chi connectivity index (χ2n) is 7.15. The van der Waals surface area contributed by atoms with E-state index in [1.54, 1.807) is 0 Å². The molecule has 0 aromatic heterocycles. The maximum Gasteiger partial charge on any atom is 0.0154 e. The first-order chi connectivity index (χ1) is 10.2. The second kappa shape index (κ2) is 14.9. The molecule has 0 aliphatic rings. The zero-order chi connectivity index (χ0) is 15.8. The topological polar surface area (TPSA) is 26.0 Å². The molecule has 0 fully saturated rings. The number of hydrogen-bond donors (Lipinski definition) is 1. The van der Waals surface area contributed by atoms with E-state index in [4.69, 9.17) is 5.73 Å². The van der Waals surface area contributed by atoms with Crippen molar-refractivity contribution in [3.8, 4) is 0 Å². The van der Waals surface area contributed by atoms with E-state index in [9.17, 15) is 0 Å². The van der Waals surface area contributed by atoms with Crippen molar-refractivity contribution in [2.75, 3.05) is 0 Å². The van der Waals surface area contributed by atoms with Crippen LogP contribution in [-0.4, -0.2) is 5.54 Å². The molecule has 0 spiro atoms. The third-order valence-electron chi connectivity index (χ3n) is 4.83. The Bertz CT molecular complexity index is 202. The molecular formula is C20H43N. The molecule has 1 nitrogen and oxygen atoms in total. The quantitative estimate of drug-likeness (QED) is 0.305. The van der Waals surface area contributed by atoms with Crippen molar-refractivity contribution in [1.29, 1.82) is 0 Å². The minimum atomic E-state index is 0.146. The molecule has 0 saturated heterocycles. The van der Waals surface area contributed by atoms with E-state index in [0.29, 0.717) is 0 Å². The maximum absolute atomic E-state index is 6.76. The Kier molecular flexibility index (Phi) is 14.9. The molecule has 0 aromatic carbocycles. The van der Waals surface area contributed by atoms with E-state index in [0.717, 1.165) is 0 Å². The molecule has 0 heterocycles. The summed E-state index contributed by atoms with van der Waals surface area (Å²) in [5.41, 5.74) is 6.91. The number of unbranched alkanes of at least 4 members (excludes halogenated alkanes) is 10. The Morgan fingerprint density at radius 1 is 0.476 bits per heavy atom. The fourth-order valence-electron chi connectivity index (χ4n) is 3.26. The molecule has 128 valence electrons. The molecule has 0 radical (unpaired) electrons. The summed E-state index contributed by atoms with van der Waals surface area (Å²) in [5.74, 6) is 0. The summed E-state index contributed by atoms with van der Waals surface area (Å²) in [5, 5.41) is 0. The van der Waals surface area contributed by atoms with Gasteiger partial charge >= 0.3 is 0 Å². The largest absolute Gasteiger partial charge is 0.325 e. The molecule has 0 aromatic rings. The highest BCUT2D eigenvalue weighted by Gasteiger charge is 2.23. The third kappa shape index (κ3) is 13.4. The highest BCUT2D eigenvalue weighted by atomic mass is 14.7. The van der Waals surface area contributed by atoms with Crippen molar-refractivity contribution >= 4 is 0 Å². The Morgan fingerprint density at radius 2 is 0.762 bits per heavy atom. The van der Waals surface area contributed by atoms with E-state index in [1.807, 2.05) is 0 Å². The van der Waals surface area contributed by atoms with Crippen LogP contribution in [0.1, 0.15) is 124 Å². The highest BCUT2D eigenvalue weighted by Crippen LogP contribution is 2.26.